The fourth-order valence-corrected chi connectivity index (χ4v) is 3.96. The van der Waals surface area contributed by atoms with E-state index in [-0.39, 0.29) is 5.91 Å². The molecule has 0 radical (unpaired) electrons. The van der Waals surface area contributed by atoms with E-state index in [0.29, 0.717) is 56.1 Å². The van der Waals surface area contributed by atoms with E-state index in [1.807, 2.05) is 23.1 Å². The number of amides is 1. The van der Waals surface area contributed by atoms with E-state index < -0.39 is 0 Å². The summed E-state index contributed by atoms with van der Waals surface area (Å²) in [6.45, 7) is 8.50. The van der Waals surface area contributed by atoms with Gasteiger partial charge in [0.15, 0.2) is 0 Å². The first-order chi connectivity index (χ1) is 14.0. The third-order valence-corrected chi connectivity index (χ3v) is 5.68. The molecule has 1 amide bonds. The van der Waals surface area contributed by atoms with Gasteiger partial charge < -0.3 is 14.5 Å². The van der Waals surface area contributed by atoms with Crippen LogP contribution in [0.25, 0.3) is 10.9 Å². The smallest absolute Gasteiger partial charge is 0.224 e. The Morgan fingerprint density at radius 1 is 1.28 bits per heavy atom. The first-order valence-electron chi connectivity index (χ1n) is 10.6. The molecule has 0 atom stereocenters. The fraction of sp³-hybridized carbons (Fsp3) is 0.591. The van der Waals surface area contributed by atoms with Crippen LogP contribution in [-0.4, -0.2) is 60.2 Å². The maximum Gasteiger partial charge on any atom is 0.224 e. The van der Waals surface area contributed by atoms with Gasteiger partial charge in [-0.05, 0) is 37.0 Å². The van der Waals surface area contributed by atoms with Crippen LogP contribution in [0.2, 0.25) is 5.02 Å². The number of halogens is 1. The zero-order valence-corrected chi connectivity index (χ0v) is 18.0. The van der Waals surface area contributed by atoms with Crippen molar-refractivity contribution in [2.24, 2.45) is 5.92 Å². The predicted molar refractivity (Wildman–Crippen MR) is 116 cm³/mol. The molecule has 0 unspecified atom stereocenters. The van der Waals surface area contributed by atoms with Crippen LogP contribution in [-0.2, 0) is 9.53 Å². The number of rotatable bonds is 7. The number of ether oxygens (including phenoxy) is 1. The second-order valence-electron chi connectivity index (χ2n) is 8.42. The van der Waals surface area contributed by atoms with Gasteiger partial charge in [0.2, 0.25) is 5.91 Å². The summed E-state index contributed by atoms with van der Waals surface area (Å²) in [4.78, 5) is 26.6. The number of fused-ring (bicyclic) bond motifs is 1. The largest absolute Gasteiger partial charge is 0.378 e. The summed E-state index contributed by atoms with van der Waals surface area (Å²) in [5.41, 5.74) is 0.887. The summed E-state index contributed by atoms with van der Waals surface area (Å²) in [5.74, 6) is 2.93. The monoisotopic (exact) mass is 416 g/mol. The lowest BCUT2D eigenvalue weighted by molar-refractivity contribution is -0.135. The van der Waals surface area contributed by atoms with Crippen molar-refractivity contribution in [1.82, 2.24) is 14.9 Å². The van der Waals surface area contributed by atoms with Crippen molar-refractivity contribution >= 4 is 34.2 Å². The van der Waals surface area contributed by atoms with E-state index in [0.717, 1.165) is 41.9 Å². The van der Waals surface area contributed by atoms with Crippen LogP contribution in [0.15, 0.2) is 18.2 Å². The number of benzene rings is 1. The Labute approximate surface area is 177 Å². The highest BCUT2D eigenvalue weighted by Crippen LogP contribution is 2.40. The second-order valence-corrected chi connectivity index (χ2v) is 8.86. The predicted octanol–water partition coefficient (Wildman–Crippen LogP) is 3.87. The van der Waals surface area contributed by atoms with Crippen molar-refractivity contribution in [3.8, 4) is 0 Å². The number of morpholine rings is 1. The maximum atomic E-state index is 12.7. The number of aromatic nitrogens is 2. The van der Waals surface area contributed by atoms with Crippen molar-refractivity contribution in [2.75, 3.05) is 44.3 Å². The minimum absolute atomic E-state index is 0.186. The average molecular weight is 417 g/mol. The first-order valence-corrected chi connectivity index (χ1v) is 11.0. The normalized spacial score (nSPS) is 17.2. The zero-order chi connectivity index (χ0) is 20.4. The molecule has 0 N–H and O–H groups in total. The first kappa shape index (κ1) is 20.4. The highest BCUT2D eigenvalue weighted by molar-refractivity contribution is 6.31. The minimum Gasteiger partial charge on any atom is -0.378 e. The van der Waals surface area contributed by atoms with E-state index in [1.165, 1.54) is 0 Å². The Balaban J connectivity index is 1.61. The molecule has 6 nitrogen and oxygen atoms in total. The van der Waals surface area contributed by atoms with Gasteiger partial charge in [0.25, 0.3) is 0 Å². The van der Waals surface area contributed by atoms with Gasteiger partial charge in [-0.15, -0.1) is 0 Å². The highest BCUT2D eigenvalue weighted by Gasteiger charge is 2.29. The molecule has 2 heterocycles. The summed E-state index contributed by atoms with van der Waals surface area (Å²) in [7, 11) is 0. The Bertz CT molecular complexity index is 878. The molecule has 2 aliphatic rings. The molecule has 1 aromatic heterocycles. The number of hydrogen-bond acceptors (Lipinski definition) is 5. The number of anilines is 1. The molecule has 1 aliphatic carbocycles. The highest BCUT2D eigenvalue weighted by atomic mass is 35.5. The lowest BCUT2D eigenvalue weighted by Gasteiger charge is -2.30. The third kappa shape index (κ3) is 4.98. The lowest BCUT2D eigenvalue weighted by Crippen LogP contribution is -2.42. The van der Waals surface area contributed by atoms with Gasteiger partial charge in [-0.2, -0.15) is 0 Å². The molecule has 1 saturated carbocycles. The van der Waals surface area contributed by atoms with Crippen molar-refractivity contribution in [3.05, 3.63) is 29.0 Å². The van der Waals surface area contributed by atoms with Crippen molar-refractivity contribution < 1.29 is 9.53 Å². The maximum absolute atomic E-state index is 12.7. The van der Waals surface area contributed by atoms with Crippen LogP contribution >= 0.6 is 11.6 Å². The second kappa shape index (κ2) is 8.84. The molecule has 2 fully saturated rings. The molecule has 2 aromatic rings. The molecular formula is C22H29ClN4O2. The average Bonchev–Trinajstić information content (AvgIpc) is 3.55. The molecular weight excluding hydrogens is 388 g/mol. The van der Waals surface area contributed by atoms with E-state index in [1.54, 1.807) is 0 Å². The quantitative estimate of drug-likeness (QED) is 0.685. The van der Waals surface area contributed by atoms with E-state index in [4.69, 9.17) is 26.3 Å². The van der Waals surface area contributed by atoms with Crippen molar-refractivity contribution in [3.63, 3.8) is 0 Å². The fourth-order valence-electron chi connectivity index (χ4n) is 3.79. The topological polar surface area (TPSA) is 58.6 Å². The number of carbonyl (C=O) groups excluding carboxylic acids is 1. The van der Waals surface area contributed by atoms with Gasteiger partial charge in [0, 0.05) is 48.9 Å². The van der Waals surface area contributed by atoms with Crippen LogP contribution < -0.4 is 4.90 Å². The van der Waals surface area contributed by atoms with Crippen LogP contribution in [0, 0.1) is 5.92 Å². The third-order valence-electron chi connectivity index (χ3n) is 5.44. The molecule has 29 heavy (non-hydrogen) atoms. The molecule has 7 heteroatoms. The van der Waals surface area contributed by atoms with Gasteiger partial charge in [-0.25, -0.2) is 9.97 Å². The van der Waals surface area contributed by atoms with Gasteiger partial charge in [0.05, 0.1) is 18.7 Å². The zero-order valence-electron chi connectivity index (χ0n) is 17.2. The van der Waals surface area contributed by atoms with Crippen LogP contribution in [0.1, 0.15) is 44.9 Å². The molecule has 0 bridgehead atoms. The van der Waals surface area contributed by atoms with Gasteiger partial charge in [-0.1, -0.05) is 25.4 Å². The molecule has 1 aromatic carbocycles. The van der Waals surface area contributed by atoms with Crippen molar-refractivity contribution in [1.29, 1.82) is 0 Å². The summed E-state index contributed by atoms with van der Waals surface area (Å²) in [6.07, 6.45) is 2.76. The van der Waals surface area contributed by atoms with Gasteiger partial charge in [-0.3, -0.25) is 4.79 Å². The lowest BCUT2D eigenvalue weighted by atomic mass is 10.1. The molecule has 0 spiro atoms. The van der Waals surface area contributed by atoms with Crippen LogP contribution in [0.5, 0.6) is 0 Å². The Hall–Kier alpha value is -1.92. The van der Waals surface area contributed by atoms with E-state index >= 15 is 0 Å². The molecule has 4 rings (SSSR count). The Kier molecular flexibility index (Phi) is 6.20. The van der Waals surface area contributed by atoms with Gasteiger partial charge in [0.1, 0.15) is 11.6 Å². The minimum atomic E-state index is 0.186. The van der Waals surface area contributed by atoms with Crippen LogP contribution in [0.3, 0.4) is 0 Å². The number of nitrogens with zero attached hydrogens (tertiary/aromatic N) is 4. The number of carbonyl (C=O) groups is 1. The van der Waals surface area contributed by atoms with Crippen molar-refractivity contribution in [2.45, 2.75) is 39.0 Å². The van der Waals surface area contributed by atoms with Crippen LogP contribution in [0.4, 0.5) is 5.82 Å². The number of hydrogen-bond donors (Lipinski definition) is 0. The SMILES string of the molecule is CC(C)CN(CCC(=O)N1CCOCC1)c1nc(C2CC2)nc2cc(Cl)ccc12. The van der Waals surface area contributed by atoms with Gasteiger partial charge >= 0.3 is 0 Å². The molecule has 1 aliphatic heterocycles. The Morgan fingerprint density at radius 2 is 2.03 bits per heavy atom. The molecule has 1 saturated heterocycles. The Morgan fingerprint density at radius 3 is 2.72 bits per heavy atom. The molecule has 156 valence electrons. The standard InChI is InChI=1S/C22H29ClN4O2/c1-15(2)14-27(8-7-20(28)26-9-11-29-12-10-26)22-18-6-5-17(23)13-19(18)24-21(25-22)16-3-4-16/h5-6,13,15-16H,3-4,7-12,14H2,1-2H3. The summed E-state index contributed by atoms with van der Waals surface area (Å²) in [6, 6.07) is 5.81. The summed E-state index contributed by atoms with van der Waals surface area (Å²) < 4.78 is 5.36. The summed E-state index contributed by atoms with van der Waals surface area (Å²) in [5, 5.41) is 1.68. The summed E-state index contributed by atoms with van der Waals surface area (Å²) >= 11 is 6.24. The van der Waals surface area contributed by atoms with E-state index in [2.05, 4.69) is 18.7 Å². The van der Waals surface area contributed by atoms with E-state index in [9.17, 15) is 4.79 Å².